The van der Waals surface area contributed by atoms with Gasteiger partial charge in [-0.3, -0.25) is 14.9 Å². The molecular weight excluding hydrogens is 346 g/mol. The van der Waals surface area contributed by atoms with Crippen molar-refractivity contribution < 1.29 is 23.9 Å². The topological polar surface area (TPSA) is 118 Å². The molecule has 1 N–H and O–H groups in total. The molecule has 2 aromatic rings. The number of hydrogen-bond donors (Lipinski definition) is 1. The number of nitrogens with zero attached hydrogens (tertiary/aromatic N) is 2. The van der Waals surface area contributed by atoms with Gasteiger partial charge in [-0.2, -0.15) is 5.26 Å². The molecule has 1 aromatic heterocycles. The van der Waals surface area contributed by atoms with Crippen molar-refractivity contribution in [2.45, 2.75) is 6.42 Å². The molecule has 0 saturated carbocycles. The molecule has 1 aromatic carbocycles. The largest absolute Gasteiger partial charge is 0.469 e. The van der Waals surface area contributed by atoms with E-state index in [2.05, 4.69) is 15.0 Å². The van der Waals surface area contributed by atoms with E-state index in [1.807, 2.05) is 6.07 Å². The molecule has 0 fully saturated rings. The highest BCUT2D eigenvalue weighted by molar-refractivity contribution is 7.13. The van der Waals surface area contributed by atoms with E-state index in [0.29, 0.717) is 16.4 Å². The van der Waals surface area contributed by atoms with E-state index in [4.69, 9.17) is 10.00 Å². The van der Waals surface area contributed by atoms with Gasteiger partial charge in [0.05, 0.1) is 36.4 Å². The summed E-state index contributed by atoms with van der Waals surface area (Å²) in [4.78, 5) is 38.8. The lowest BCUT2D eigenvalue weighted by Crippen LogP contribution is -2.21. The minimum Gasteiger partial charge on any atom is -0.469 e. The molecule has 0 aliphatic carbocycles. The minimum atomic E-state index is -0.676. The number of thiazole rings is 1. The van der Waals surface area contributed by atoms with Crippen LogP contribution in [0.2, 0.25) is 0 Å². The first-order valence-corrected chi connectivity index (χ1v) is 7.88. The third-order valence-electron chi connectivity index (χ3n) is 2.94. The number of carbonyl (C=O) groups excluding carboxylic acids is 3. The average molecular weight is 359 g/mol. The molecule has 0 atom stereocenters. The number of hydrogen-bond acceptors (Lipinski definition) is 8. The Morgan fingerprint density at radius 2 is 2.00 bits per heavy atom. The van der Waals surface area contributed by atoms with Crippen LogP contribution in [0.3, 0.4) is 0 Å². The van der Waals surface area contributed by atoms with Gasteiger partial charge in [0.1, 0.15) is 0 Å². The molecule has 0 radical (unpaired) electrons. The van der Waals surface area contributed by atoms with Crippen LogP contribution in [0.5, 0.6) is 0 Å². The quantitative estimate of drug-likeness (QED) is 0.777. The zero-order chi connectivity index (χ0) is 18.2. The Morgan fingerprint density at radius 3 is 2.64 bits per heavy atom. The Kier molecular flexibility index (Phi) is 6.20. The van der Waals surface area contributed by atoms with Crippen LogP contribution in [0.15, 0.2) is 29.6 Å². The van der Waals surface area contributed by atoms with Gasteiger partial charge in [0.15, 0.2) is 11.7 Å². The van der Waals surface area contributed by atoms with E-state index in [1.54, 1.807) is 5.38 Å². The molecule has 0 aliphatic heterocycles. The Labute approximate surface area is 147 Å². The van der Waals surface area contributed by atoms with E-state index in [-0.39, 0.29) is 12.0 Å². The van der Waals surface area contributed by atoms with Crippen molar-refractivity contribution in [3.8, 4) is 6.07 Å². The van der Waals surface area contributed by atoms with Crippen LogP contribution in [-0.4, -0.2) is 36.5 Å². The fourth-order valence-electron chi connectivity index (χ4n) is 1.72. The number of nitriles is 1. The van der Waals surface area contributed by atoms with Gasteiger partial charge in [-0.1, -0.05) is 0 Å². The smallest absolute Gasteiger partial charge is 0.338 e. The zero-order valence-corrected chi connectivity index (χ0v) is 14.0. The molecule has 1 amide bonds. The van der Waals surface area contributed by atoms with Gasteiger partial charge < -0.3 is 9.47 Å². The molecule has 9 heteroatoms. The Morgan fingerprint density at radius 1 is 1.28 bits per heavy atom. The summed E-state index contributed by atoms with van der Waals surface area (Å²) in [5.41, 5.74) is 1.13. The predicted molar refractivity (Wildman–Crippen MR) is 87.9 cm³/mol. The molecular formula is C16H13N3O5S. The lowest BCUT2D eigenvalue weighted by molar-refractivity contribution is -0.139. The van der Waals surface area contributed by atoms with Crippen molar-refractivity contribution in [3.63, 3.8) is 0 Å². The monoisotopic (exact) mass is 359 g/mol. The van der Waals surface area contributed by atoms with Crippen molar-refractivity contribution in [2.24, 2.45) is 0 Å². The van der Waals surface area contributed by atoms with Crippen molar-refractivity contribution in [3.05, 3.63) is 46.5 Å². The predicted octanol–water partition coefficient (Wildman–Crippen LogP) is 1.53. The van der Waals surface area contributed by atoms with Crippen LogP contribution in [0.25, 0.3) is 0 Å². The number of methoxy groups -OCH3 is 1. The van der Waals surface area contributed by atoms with Gasteiger partial charge in [0, 0.05) is 5.38 Å². The first-order valence-electron chi connectivity index (χ1n) is 7.00. The molecule has 1 heterocycles. The highest BCUT2D eigenvalue weighted by Gasteiger charge is 2.13. The summed E-state index contributed by atoms with van der Waals surface area (Å²) < 4.78 is 9.42. The third-order valence-corrected chi connectivity index (χ3v) is 3.74. The fourth-order valence-corrected chi connectivity index (χ4v) is 2.44. The second-order valence-corrected chi connectivity index (χ2v) is 5.57. The van der Waals surface area contributed by atoms with Crippen LogP contribution in [-0.2, 0) is 25.5 Å². The maximum absolute atomic E-state index is 11.8. The zero-order valence-electron chi connectivity index (χ0n) is 13.1. The van der Waals surface area contributed by atoms with Gasteiger partial charge in [-0.15, -0.1) is 11.3 Å². The second kappa shape index (κ2) is 8.56. The maximum atomic E-state index is 11.8. The maximum Gasteiger partial charge on any atom is 0.338 e. The van der Waals surface area contributed by atoms with Crippen molar-refractivity contribution >= 4 is 34.3 Å². The molecule has 0 unspecified atom stereocenters. The molecule has 25 heavy (non-hydrogen) atoms. The van der Waals surface area contributed by atoms with Crippen molar-refractivity contribution in [1.29, 1.82) is 5.26 Å². The minimum absolute atomic E-state index is 0.0105. The number of carbonyl (C=O) groups is 3. The second-order valence-electron chi connectivity index (χ2n) is 4.71. The van der Waals surface area contributed by atoms with Crippen LogP contribution in [0.4, 0.5) is 5.13 Å². The SMILES string of the molecule is COC(=O)Cc1csc(NC(=O)COC(=O)c2ccc(C#N)cc2)n1. The molecule has 0 spiro atoms. The molecule has 128 valence electrons. The van der Waals surface area contributed by atoms with Crippen molar-refractivity contribution in [1.82, 2.24) is 4.98 Å². The number of benzene rings is 1. The average Bonchev–Trinajstić information content (AvgIpc) is 3.06. The highest BCUT2D eigenvalue weighted by Crippen LogP contribution is 2.16. The summed E-state index contributed by atoms with van der Waals surface area (Å²) in [5.74, 6) is -1.66. The van der Waals surface area contributed by atoms with Crippen LogP contribution in [0.1, 0.15) is 21.6 Å². The lowest BCUT2D eigenvalue weighted by atomic mass is 10.1. The van der Waals surface area contributed by atoms with Crippen molar-refractivity contribution in [2.75, 3.05) is 19.0 Å². The Bertz CT molecular complexity index is 823. The van der Waals surface area contributed by atoms with Gasteiger partial charge in [-0.05, 0) is 24.3 Å². The summed E-state index contributed by atoms with van der Waals surface area (Å²) in [6.07, 6.45) is 0.0105. The first kappa shape index (κ1) is 18.1. The number of anilines is 1. The molecule has 0 saturated heterocycles. The van der Waals surface area contributed by atoms with E-state index < -0.39 is 24.5 Å². The normalized spacial score (nSPS) is 9.76. The third kappa shape index (κ3) is 5.40. The van der Waals surface area contributed by atoms with E-state index >= 15 is 0 Å². The van der Waals surface area contributed by atoms with Crippen LogP contribution >= 0.6 is 11.3 Å². The standard InChI is InChI=1S/C16H13N3O5S/c1-23-14(21)6-12-9-25-16(18-12)19-13(20)8-24-15(22)11-4-2-10(7-17)3-5-11/h2-5,9H,6,8H2,1H3,(H,18,19,20). The Hall–Kier alpha value is -3.25. The number of esters is 2. The number of nitrogens with one attached hydrogen (secondary N) is 1. The lowest BCUT2D eigenvalue weighted by Gasteiger charge is -2.04. The summed E-state index contributed by atoms with van der Waals surface area (Å²) in [5, 5.41) is 13.1. The first-order chi connectivity index (χ1) is 12.0. The number of rotatable bonds is 6. The summed E-state index contributed by atoms with van der Waals surface area (Å²) >= 11 is 1.14. The molecule has 0 bridgehead atoms. The fraction of sp³-hybridized carbons (Fsp3) is 0.188. The summed E-state index contributed by atoms with van der Waals surface area (Å²) in [7, 11) is 1.28. The van der Waals surface area contributed by atoms with Gasteiger partial charge in [-0.25, -0.2) is 9.78 Å². The number of amides is 1. The molecule has 8 nitrogen and oxygen atoms in total. The Balaban J connectivity index is 1.83. The van der Waals surface area contributed by atoms with E-state index in [9.17, 15) is 14.4 Å². The number of ether oxygens (including phenoxy) is 2. The van der Waals surface area contributed by atoms with Crippen LogP contribution in [0, 0.1) is 11.3 Å². The van der Waals surface area contributed by atoms with Crippen LogP contribution < -0.4 is 5.32 Å². The van der Waals surface area contributed by atoms with Gasteiger partial charge in [0.2, 0.25) is 0 Å². The molecule has 2 rings (SSSR count). The van der Waals surface area contributed by atoms with Gasteiger partial charge >= 0.3 is 11.9 Å². The van der Waals surface area contributed by atoms with Gasteiger partial charge in [0.25, 0.3) is 5.91 Å². The summed E-state index contributed by atoms with van der Waals surface area (Å²) in [6, 6.07) is 7.79. The van der Waals surface area contributed by atoms with E-state index in [0.717, 1.165) is 11.3 Å². The summed E-state index contributed by atoms with van der Waals surface area (Å²) in [6.45, 7) is -0.481. The number of aromatic nitrogens is 1. The highest BCUT2D eigenvalue weighted by atomic mass is 32.1. The van der Waals surface area contributed by atoms with E-state index in [1.165, 1.54) is 31.4 Å². The molecule has 0 aliphatic rings.